The predicted molar refractivity (Wildman–Crippen MR) is 107 cm³/mol. The number of rotatable bonds is 7. The molecule has 0 bridgehead atoms. The predicted octanol–water partition coefficient (Wildman–Crippen LogP) is 3.12. The van der Waals surface area contributed by atoms with Gasteiger partial charge in [0.15, 0.2) is 5.16 Å². The lowest BCUT2D eigenvalue weighted by Crippen LogP contribution is -2.11. The van der Waals surface area contributed by atoms with Crippen molar-refractivity contribution < 1.29 is 14.6 Å². The number of hydrogen-bond acceptors (Lipinski definition) is 9. The van der Waals surface area contributed by atoms with Crippen LogP contribution in [0.4, 0.5) is 0 Å². The van der Waals surface area contributed by atoms with Crippen molar-refractivity contribution in [1.29, 1.82) is 5.26 Å². The van der Waals surface area contributed by atoms with Crippen molar-refractivity contribution in [3.63, 3.8) is 0 Å². The van der Waals surface area contributed by atoms with Crippen molar-refractivity contribution in [2.75, 3.05) is 12.4 Å². The molecule has 0 radical (unpaired) electrons. The van der Waals surface area contributed by atoms with Crippen LogP contribution < -0.4 is 0 Å². The standard InChI is InChI=1S/C18H17N5O3S2/c1-3-26-16(25)8-15-21-22-18(23(15)2)27-10-13(24)11(9-19)17-20-12-6-4-5-7-14(12)28-17/h4-7,24H,3,8,10H2,1-2H3/b13-11-. The third kappa shape index (κ3) is 4.32. The summed E-state index contributed by atoms with van der Waals surface area (Å²) >= 11 is 2.57. The van der Waals surface area contributed by atoms with Gasteiger partial charge in [-0.05, 0) is 19.1 Å². The van der Waals surface area contributed by atoms with Crippen LogP contribution in [0, 0.1) is 11.3 Å². The molecule has 0 spiro atoms. The van der Waals surface area contributed by atoms with E-state index in [0.29, 0.717) is 22.6 Å². The van der Waals surface area contributed by atoms with Crippen molar-refractivity contribution in [3.8, 4) is 6.07 Å². The van der Waals surface area contributed by atoms with E-state index < -0.39 is 0 Å². The Morgan fingerprint density at radius 1 is 1.39 bits per heavy atom. The van der Waals surface area contributed by atoms with E-state index in [-0.39, 0.29) is 29.5 Å². The quantitative estimate of drug-likeness (QED) is 0.271. The number of carbonyl (C=O) groups excluding carboxylic acids is 1. The van der Waals surface area contributed by atoms with Gasteiger partial charge in [-0.1, -0.05) is 23.9 Å². The number of benzene rings is 1. The Balaban J connectivity index is 1.75. The summed E-state index contributed by atoms with van der Waals surface area (Å²) in [6.07, 6.45) is 0.0227. The van der Waals surface area contributed by atoms with Crippen LogP contribution >= 0.6 is 23.1 Å². The highest BCUT2D eigenvalue weighted by Crippen LogP contribution is 2.29. The van der Waals surface area contributed by atoms with E-state index in [4.69, 9.17) is 4.74 Å². The molecule has 144 valence electrons. The molecule has 0 unspecified atom stereocenters. The first-order valence-corrected chi connectivity index (χ1v) is 10.2. The van der Waals surface area contributed by atoms with Crippen LogP contribution in [0.3, 0.4) is 0 Å². The van der Waals surface area contributed by atoms with Crippen molar-refractivity contribution in [2.45, 2.75) is 18.5 Å². The van der Waals surface area contributed by atoms with Gasteiger partial charge in [-0.3, -0.25) is 4.79 Å². The Kier molecular flexibility index (Phi) is 6.28. The Bertz CT molecular complexity index is 1050. The number of hydrogen-bond donors (Lipinski definition) is 1. The zero-order valence-corrected chi connectivity index (χ0v) is 16.9. The monoisotopic (exact) mass is 415 g/mol. The fraction of sp³-hybridized carbons (Fsp3) is 0.278. The zero-order chi connectivity index (χ0) is 20.1. The number of ether oxygens (including phenoxy) is 1. The highest BCUT2D eigenvalue weighted by atomic mass is 32.2. The van der Waals surface area contributed by atoms with E-state index in [1.807, 2.05) is 30.3 Å². The minimum Gasteiger partial charge on any atom is -0.510 e. The lowest BCUT2D eigenvalue weighted by atomic mass is 10.2. The summed E-state index contributed by atoms with van der Waals surface area (Å²) in [5.41, 5.74) is 0.926. The molecule has 1 N–H and O–H groups in total. The highest BCUT2D eigenvalue weighted by Gasteiger charge is 2.17. The lowest BCUT2D eigenvalue weighted by molar-refractivity contribution is -0.142. The topological polar surface area (TPSA) is 114 Å². The van der Waals surface area contributed by atoms with Gasteiger partial charge in [-0.25, -0.2) is 4.98 Å². The summed E-state index contributed by atoms with van der Waals surface area (Å²) in [5, 5.41) is 28.9. The second kappa shape index (κ2) is 8.86. The number of aliphatic hydroxyl groups excluding tert-OH is 1. The molecule has 0 atom stereocenters. The minimum atomic E-state index is -0.375. The molecular weight excluding hydrogens is 398 g/mol. The molecule has 3 rings (SSSR count). The van der Waals surface area contributed by atoms with Crippen LogP contribution in [-0.2, 0) is 23.0 Å². The van der Waals surface area contributed by atoms with Gasteiger partial charge in [-0.15, -0.1) is 21.5 Å². The number of esters is 1. The number of aromatic nitrogens is 4. The summed E-state index contributed by atoms with van der Waals surface area (Å²) in [6.45, 7) is 2.04. The number of thioether (sulfide) groups is 1. The molecule has 0 aliphatic rings. The first kappa shape index (κ1) is 19.9. The molecule has 1 aromatic carbocycles. The molecule has 28 heavy (non-hydrogen) atoms. The van der Waals surface area contributed by atoms with Gasteiger partial charge in [0.25, 0.3) is 0 Å². The maximum atomic E-state index is 11.6. The second-order valence-corrected chi connectivity index (χ2v) is 7.62. The van der Waals surface area contributed by atoms with Gasteiger partial charge in [0.1, 0.15) is 34.7 Å². The third-order valence-corrected chi connectivity index (χ3v) is 5.86. The fourth-order valence-electron chi connectivity index (χ4n) is 2.39. The molecule has 0 amide bonds. The largest absolute Gasteiger partial charge is 0.510 e. The Labute approximate surface area is 169 Å². The molecule has 10 heteroatoms. The molecule has 8 nitrogen and oxygen atoms in total. The van der Waals surface area contributed by atoms with Gasteiger partial charge in [0.05, 0.1) is 22.6 Å². The summed E-state index contributed by atoms with van der Waals surface area (Å²) in [5.74, 6) is 0.141. The van der Waals surface area contributed by atoms with E-state index in [0.717, 1.165) is 10.2 Å². The molecule has 0 aliphatic carbocycles. The molecule has 2 heterocycles. The first-order valence-electron chi connectivity index (χ1n) is 8.38. The maximum absolute atomic E-state index is 11.6. The van der Waals surface area contributed by atoms with Crippen molar-refractivity contribution in [1.82, 2.24) is 19.7 Å². The maximum Gasteiger partial charge on any atom is 0.313 e. The first-order chi connectivity index (χ1) is 13.5. The van der Waals surface area contributed by atoms with Crippen LogP contribution in [-0.4, -0.2) is 43.2 Å². The summed E-state index contributed by atoms with van der Waals surface area (Å²) in [7, 11) is 1.73. The van der Waals surface area contributed by atoms with Gasteiger partial charge in [0, 0.05) is 7.05 Å². The SMILES string of the molecule is CCOC(=O)Cc1nnc(SC/C(O)=C(\C#N)c2nc3ccccc3s2)n1C. The average Bonchev–Trinajstić information content (AvgIpc) is 3.25. The van der Waals surface area contributed by atoms with E-state index in [1.54, 1.807) is 18.5 Å². The molecule has 0 saturated carbocycles. The summed E-state index contributed by atoms with van der Waals surface area (Å²) in [6, 6.07) is 9.59. The number of thiazole rings is 1. The second-order valence-electron chi connectivity index (χ2n) is 5.65. The van der Waals surface area contributed by atoms with Crippen LogP contribution in [0.25, 0.3) is 15.8 Å². The number of carbonyl (C=O) groups is 1. The number of nitriles is 1. The highest BCUT2D eigenvalue weighted by molar-refractivity contribution is 7.99. The van der Waals surface area contributed by atoms with Gasteiger partial charge in [0.2, 0.25) is 0 Å². The smallest absolute Gasteiger partial charge is 0.313 e. The minimum absolute atomic E-state index is 0.0227. The lowest BCUT2D eigenvalue weighted by Gasteiger charge is -2.04. The van der Waals surface area contributed by atoms with Gasteiger partial charge in [-0.2, -0.15) is 5.26 Å². The molecular formula is C18H17N5O3S2. The third-order valence-electron chi connectivity index (χ3n) is 3.78. The fourth-order valence-corrected chi connectivity index (χ4v) is 4.18. The summed E-state index contributed by atoms with van der Waals surface area (Å²) in [4.78, 5) is 16.0. The number of para-hydroxylation sites is 1. The normalized spacial score (nSPS) is 11.9. The van der Waals surface area contributed by atoms with Gasteiger partial charge < -0.3 is 14.4 Å². The van der Waals surface area contributed by atoms with E-state index in [1.165, 1.54) is 23.1 Å². The van der Waals surface area contributed by atoms with Crippen molar-refractivity contribution >= 4 is 44.9 Å². The van der Waals surface area contributed by atoms with E-state index in [9.17, 15) is 15.2 Å². The number of allylic oxidation sites excluding steroid dienone is 1. The molecule has 0 aliphatic heterocycles. The van der Waals surface area contributed by atoms with Crippen LogP contribution in [0.5, 0.6) is 0 Å². The van der Waals surface area contributed by atoms with E-state index in [2.05, 4.69) is 15.2 Å². The van der Waals surface area contributed by atoms with Gasteiger partial charge >= 0.3 is 5.97 Å². The van der Waals surface area contributed by atoms with Crippen LogP contribution in [0.15, 0.2) is 35.2 Å². The average molecular weight is 416 g/mol. The zero-order valence-electron chi connectivity index (χ0n) is 15.2. The Hall–Kier alpha value is -2.90. The number of fused-ring (bicyclic) bond motifs is 1. The number of aliphatic hydroxyl groups is 1. The van der Waals surface area contributed by atoms with E-state index >= 15 is 0 Å². The van der Waals surface area contributed by atoms with Crippen LogP contribution in [0.2, 0.25) is 0 Å². The Morgan fingerprint density at radius 2 is 2.18 bits per heavy atom. The Morgan fingerprint density at radius 3 is 2.89 bits per heavy atom. The molecule has 0 saturated heterocycles. The molecule has 3 aromatic rings. The van der Waals surface area contributed by atoms with Crippen LogP contribution in [0.1, 0.15) is 17.8 Å². The molecule has 2 aromatic heterocycles. The molecule has 0 fully saturated rings. The van der Waals surface area contributed by atoms with Crippen molar-refractivity contribution in [2.24, 2.45) is 7.05 Å². The number of nitrogens with zero attached hydrogens (tertiary/aromatic N) is 5. The van der Waals surface area contributed by atoms with Crippen molar-refractivity contribution in [3.05, 3.63) is 40.9 Å². The summed E-state index contributed by atoms with van der Waals surface area (Å²) < 4.78 is 7.52.